The second-order valence-corrected chi connectivity index (χ2v) is 7.06. The molecule has 7 nitrogen and oxygen atoms in total. The SMILES string of the molecule is C=CC(=O)N1CCCC(c2cn(-c3ccc(C)c(OC)c3)c(C(N)=O)c2N)C1. The van der Waals surface area contributed by atoms with Gasteiger partial charge in [-0.3, -0.25) is 9.59 Å². The molecule has 28 heavy (non-hydrogen) atoms. The molecule has 1 aromatic heterocycles. The Kier molecular flexibility index (Phi) is 5.44. The van der Waals surface area contributed by atoms with E-state index in [0.717, 1.165) is 29.7 Å². The topological polar surface area (TPSA) is 104 Å². The van der Waals surface area contributed by atoms with Crippen LogP contribution in [-0.2, 0) is 4.79 Å². The number of amides is 2. The number of hydrogen-bond donors (Lipinski definition) is 2. The van der Waals surface area contributed by atoms with E-state index in [1.807, 2.05) is 31.3 Å². The van der Waals surface area contributed by atoms with Crippen molar-refractivity contribution in [1.29, 1.82) is 0 Å². The van der Waals surface area contributed by atoms with E-state index in [1.165, 1.54) is 6.08 Å². The highest BCUT2D eigenvalue weighted by Gasteiger charge is 2.29. The van der Waals surface area contributed by atoms with Gasteiger partial charge in [0.1, 0.15) is 11.4 Å². The number of nitrogens with two attached hydrogens (primary N) is 2. The average Bonchev–Trinajstić information content (AvgIpc) is 3.05. The summed E-state index contributed by atoms with van der Waals surface area (Å²) in [7, 11) is 1.60. The van der Waals surface area contributed by atoms with Crippen LogP contribution >= 0.6 is 0 Å². The number of benzene rings is 1. The van der Waals surface area contributed by atoms with Gasteiger partial charge in [0, 0.05) is 37.0 Å². The van der Waals surface area contributed by atoms with Crippen LogP contribution in [-0.4, -0.2) is 41.5 Å². The number of primary amides is 1. The summed E-state index contributed by atoms with van der Waals surface area (Å²) in [5.41, 5.74) is 15.2. The van der Waals surface area contributed by atoms with E-state index in [4.69, 9.17) is 16.2 Å². The monoisotopic (exact) mass is 382 g/mol. The summed E-state index contributed by atoms with van der Waals surface area (Å²) in [6.07, 6.45) is 4.92. The standard InChI is InChI=1S/C21H26N4O3/c1-4-18(26)24-9-5-6-14(11-24)16-12-25(20(19(16)22)21(23)27)15-8-7-13(2)17(10-15)28-3/h4,7-8,10,12,14H,1,5-6,9,11,22H2,2-3H3,(H2,23,27). The van der Waals surface area contributed by atoms with Crippen molar-refractivity contribution in [2.45, 2.75) is 25.7 Å². The van der Waals surface area contributed by atoms with Crippen molar-refractivity contribution >= 4 is 17.5 Å². The molecule has 1 aliphatic rings. The molecule has 1 fully saturated rings. The molecule has 1 aromatic carbocycles. The number of ether oxygens (including phenoxy) is 1. The zero-order valence-electron chi connectivity index (χ0n) is 16.3. The maximum atomic E-state index is 12.2. The molecule has 1 aliphatic heterocycles. The minimum absolute atomic E-state index is 0.0318. The number of carbonyl (C=O) groups is 2. The van der Waals surface area contributed by atoms with Crippen LogP contribution in [0.1, 0.15) is 40.4 Å². The smallest absolute Gasteiger partial charge is 0.267 e. The van der Waals surface area contributed by atoms with Gasteiger partial charge in [-0.2, -0.15) is 0 Å². The van der Waals surface area contributed by atoms with Crippen LogP contribution in [0.15, 0.2) is 37.1 Å². The molecule has 7 heteroatoms. The quantitative estimate of drug-likeness (QED) is 0.775. The van der Waals surface area contributed by atoms with Gasteiger partial charge in [0.2, 0.25) is 5.91 Å². The van der Waals surface area contributed by atoms with E-state index < -0.39 is 5.91 Å². The Bertz CT molecular complexity index is 932. The first kappa shape index (κ1) is 19.5. The summed E-state index contributed by atoms with van der Waals surface area (Å²) in [6.45, 7) is 6.74. The maximum absolute atomic E-state index is 12.2. The number of methoxy groups -OCH3 is 1. The number of piperidine rings is 1. The number of aromatic nitrogens is 1. The van der Waals surface area contributed by atoms with Crippen LogP contribution in [0, 0.1) is 6.92 Å². The molecule has 1 atom stereocenters. The molecule has 0 spiro atoms. The third-order valence-corrected chi connectivity index (χ3v) is 5.33. The Morgan fingerprint density at radius 1 is 1.36 bits per heavy atom. The van der Waals surface area contributed by atoms with E-state index >= 15 is 0 Å². The molecular weight excluding hydrogens is 356 g/mol. The number of nitrogen functional groups attached to an aromatic ring is 1. The molecule has 2 heterocycles. The van der Waals surface area contributed by atoms with Gasteiger partial charge in [-0.05, 0) is 43.0 Å². The summed E-state index contributed by atoms with van der Waals surface area (Å²) in [6, 6.07) is 5.65. The van der Waals surface area contributed by atoms with Crippen molar-refractivity contribution in [2.24, 2.45) is 5.73 Å². The van der Waals surface area contributed by atoms with Crippen LogP contribution in [0.25, 0.3) is 5.69 Å². The highest BCUT2D eigenvalue weighted by atomic mass is 16.5. The van der Waals surface area contributed by atoms with Gasteiger partial charge in [-0.1, -0.05) is 12.6 Å². The fourth-order valence-electron chi connectivity index (χ4n) is 3.84. The zero-order chi connectivity index (χ0) is 20.4. The first-order valence-electron chi connectivity index (χ1n) is 9.24. The summed E-state index contributed by atoms with van der Waals surface area (Å²) in [5, 5.41) is 0. The van der Waals surface area contributed by atoms with Crippen molar-refractivity contribution in [3.05, 3.63) is 53.9 Å². The summed E-state index contributed by atoms with van der Waals surface area (Å²) >= 11 is 0. The van der Waals surface area contributed by atoms with Crippen molar-refractivity contribution in [3.8, 4) is 11.4 Å². The van der Waals surface area contributed by atoms with Crippen molar-refractivity contribution in [1.82, 2.24) is 9.47 Å². The van der Waals surface area contributed by atoms with Gasteiger partial charge in [-0.25, -0.2) is 0 Å². The van der Waals surface area contributed by atoms with E-state index in [1.54, 1.807) is 16.6 Å². The lowest BCUT2D eigenvalue weighted by Gasteiger charge is -2.32. The van der Waals surface area contributed by atoms with Crippen LogP contribution in [0.4, 0.5) is 5.69 Å². The molecule has 148 valence electrons. The number of carbonyl (C=O) groups excluding carboxylic acids is 2. The fourth-order valence-corrected chi connectivity index (χ4v) is 3.84. The van der Waals surface area contributed by atoms with Gasteiger partial charge < -0.3 is 25.7 Å². The maximum Gasteiger partial charge on any atom is 0.267 e. The normalized spacial score (nSPS) is 16.6. The molecule has 0 saturated carbocycles. The van der Waals surface area contributed by atoms with Crippen molar-refractivity contribution < 1.29 is 14.3 Å². The average molecular weight is 382 g/mol. The Hall–Kier alpha value is -3.22. The lowest BCUT2D eigenvalue weighted by Crippen LogP contribution is -2.38. The van der Waals surface area contributed by atoms with E-state index in [2.05, 4.69) is 6.58 Å². The summed E-state index contributed by atoms with van der Waals surface area (Å²) in [5.74, 6) is 0.0470. The molecule has 0 bridgehead atoms. The van der Waals surface area contributed by atoms with E-state index in [-0.39, 0.29) is 17.5 Å². The second-order valence-electron chi connectivity index (χ2n) is 7.06. The van der Waals surface area contributed by atoms with Crippen LogP contribution in [0.2, 0.25) is 0 Å². The minimum atomic E-state index is -0.599. The zero-order valence-corrected chi connectivity index (χ0v) is 16.3. The molecule has 1 saturated heterocycles. The Labute approximate surface area is 164 Å². The van der Waals surface area contributed by atoms with Crippen LogP contribution < -0.4 is 16.2 Å². The lowest BCUT2D eigenvalue weighted by molar-refractivity contribution is -0.127. The molecule has 1 unspecified atom stereocenters. The first-order chi connectivity index (χ1) is 13.4. The molecule has 3 rings (SSSR count). The number of aryl methyl sites for hydroxylation is 1. The minimum Gasteiger partial charge on any atom is -0.496 e. The van der Waals surface area contributed by atoms with Crippen LogP contribution in [0.5, 0.6) is 5.75 Å². The number of anilines is 1. The Morgan fingerprint density at radius 2 is 2.11 bits per heavy atom. The Balaban J connectivity index is 2.05. The summed E-state index contributed by atoms with van der Waals surface area (Å²) in [4.78, 5) is 25.9. The number of rotatable bonds is 5. The lowest BCUT2D eigenvalue weighted by atomic mass is 9.91. The Morgan fingerprint density at radius 3 is 2.75 bits per heavy atom. The predicted octanol–water partition coefficient (Wildman–Crippen LogP) is 2.37. The largest absolute Gasteiger partial charge is 0.496 e. The molecule has 2 amide bonds. The molecule has 0 aliphatic carbocycles. The molecule has 4 N–H and O–H groups in total. The van der Waals surface area contributed by atoms with E-state index in [9.17, 15) is 9.59 Å². The van der Waals surface area contributed by atoms with Crippen molar-refractivity contribution in [3.63, 3.8) is 0 Å². The number of hydrogen-bond acceptors (Lipinski definition) is 4. The second kappa shape index (κ2) is 7.80. The van der Waals surface area contributed by atoms with Gasteiger partial charge in [0.25, 0.3) is 5.91 Å². The number of likely N-dealkylation sites (tertiary alicyclic amines) is 1. The highest BCUT2D eigenvalue weighted by Crippen LogP contribution is 2.35. The van der Waals surface area contributed by atoms with Gasteiger partial charge in [0.15, 0.2) is 0 Å². The van der Waals surface area contributed by atoms with Crippen molar-refractivity contribution in [2.75, 3.05) is 25.9 Å². The van der Waals surface area contributed by atoms with Crippen LogP contribution in [0.3, 0.4) is 0 Å². The molecule has 0 radical (unpaired) electrons. The van der Waals surface area contributed by atoms with Gasteiger partial charge >= 0.3 is 0 Å². The van der Waals surface area contributed by atoms with Gasteiger partial charge in [-0.15, -0.1) is 0 Å². The third kappa shape index (κ3) is 3.47. The van der Waals surface area contributed by atoms with Gasteiger partial charge in [0.05, 0.1) is 12.8 Å². The number of nitrogens with zero attached hydrogens (tertiary/aromatic N) is 2. The summed E-state index contributed by atoms with van der Waals surface area (Å²) < 4.78 is 7.11. The third-order valence-electron chi connectivity index (χ3n) is 5.33. The molecule has 2 aromatic rings. The highest BCUT2D eigenvalue weighted by molar-refractivity contribution is 5.98. The predicted molar refractivity (Wildman–Crippen MR) is 109 cm³/mol. The molecular formula is C21H26N4O3. The fraction of sp³-hybridized carbons (Fsp3) is 0.333. The van der Waals surface area contributed by atoms with E-state index in [0.29, 0.717) is 24.5 Å². The first-order valence-corrected chi connectivity index (χ1v) is 9.24.